The Labute approximate surface area is 101 Å². The lowest BCUT2D eigenvalue weighted by molar-refractivity contribution is -0.130. The standard InChI is InChI=1S/C14H16O3/c1-5-6-11-7-8-12(13(9-11)16-4)17-14(15)10(2)3/h5-9H,2H2,1,3-4H3/b6-5+. The first-order chi connectivity index (χ1) is 8.08. The van der Waals surface area contributed by atoms with Gasteiger partial charge in [-0.25, -0.2) is 4.79 Å². The molecule has 0 aromatic heterocycles. The molecular formula is C14H16O3. The van der Waals surface area contributed by atoms with Gasteiger partial charge in [0.1, 0.15) is 0 Å². The minimum absolute atomic E-state index is 0.351. The van der Waals surface area contributed by atoms with Crippen LogP contribution < -0.4 is 9.47 Å². The fraction of sp³-hybridized carbons (Fsp3) is 0.214. The van der Waals surface area contributed by atoms with Crippen LogP contribution in [0.4, 0.5) is 0 Å². The summed E-state index contributed by atoms with van der Waals surface area (Å²) in [5.41, 5.74) is 1.34. The molecule has 0 amide bonds. The normalized spacial score (nSPS) is 10.3. The number of esters is 1. The first-order valence-electron chi connectivity index (χ1n) is 5.27. The molecule has 0 unspecified atom stereocenters. The zero-order valence-corrected chi connectivity index (χ0v) is 10.3. The third kappa shape index (κ3) is 3.48. The van der Waals surface area contributed by atoms with Crippen molar-refractivity contribution in [3.8, 4) is 11.5 Å². The van der Waals surface area contributed by atoms with Crippen molar-refractivity contribution >= 4 is 12.0 Å². The number of allylic oxidation sites excluding steroid dienone is 1. The number of hydrogen-bond donors (Lipinski definition) is 0. The molecule has 0 aliphatic rings. The van der Waals surface area contributed by atoms with Gasteiger partial charge in [0.2, 0.25) is 0 Å². The van der Waals surface area contributed by atoms with Gasteiger partial charge in [-0.1, -0.05) is 24.8 Å². The Morgan fingerprint density at radius 2 is 2.06 bits per heavy atom. The van der Waals surface area contributed by atoms with Gasteiger partial charge in [0.25, 0.3) is 0 Å². The summed E-state index contributed by atoms with van der Waals surface area (Å²) in [6.07, 6.45) is 3.86. The average molecular weight is 232 g/mol. The predicted octanol–water partition coefficient (Wildman–Crippen LogP) is 3.21. The van der Waals surface area contributed by atoms with Crippen LogP contribution in [0.3, 0.4) is 0 Å². The van der Waals surface area contributed by atoms with E-state index in [2.05, 4.69) is 6.58 Å². The highest BCUT2D eigenvalue weighted by Gasteiger charge is 2.10. The summed E-state index contributed by atoms with van der Waals surface area (Å²) in [5.74, 6) is 0.464. The summed E-state index contributed by atoms with van der Waals surface area (Å²) in [6, 6.07) is 5.36. The molecule has 1 aromatic carbocycles. The molecule has 1 aromatic rings. The van der Waals surface area contributed by atoms with E-state index in [4.69, 9.17) is 9.47 Å². The van der Waals surface area contributed by atoms with Gasteiger partial charge in [-0.15, -0.1) is 0 Å². The van der Waals surface area contributed by atoms with Gasteiger partial charge < -0.3 is 9.47 Å². The number of rotatable bonds is 4. The Balaban J connectivity index is 3.00. The smallest absolute Gasteiger partial charge is 0.338 e. The molecule has 0 saturated heterocycles. The fourth-order valence-corrected chi connectivity index (χ4v) is 1.25. The van der Waals surface area contributed by atoms with E-state index < -0.39 is 5.97 Å². The average Bonchev–Trinajstić information content (AvgIpc) is 2.31. The number of ether oxygens (including phenoxy) is 2. The largest absolute Gasteiger partial charge is 0.493 e. The summed E-state index contributed by atoms with van der Waals surface area (Å²) >= 11 is 0. The monoisotopic (exact) mass is 232 g/mol. The van der Waals surface area contributed by atoms with Gasteiger partial charge in [-0.05, 0) is 31.5 Å². The van der Waals surface area contributed by atoms with Crippen molar-refractivity contribution < 1.29 is 14.3 Å². The molecule has 0 fully saturated rings. The Kier molecular flexibility index (Phi) is 4.52. The van der Waals surface area contributed by atoms with Gasteiger partial charge in [0.05, 0.1) is 7.11 Å². The van der Waals surface area contributed by atoms with E-state index in [1.165, 1.54) is 7.11 Å². The van der Waals surface area contributed by atoms with E-state index in [0.29, 0.717) is 17.1 Å². The number of methoxy groups -OCH3 is 1. The maximum atomic E-state index is 11.4. The highest BCUT2D eigenvalue weighted by molar-refractivity contribution is 5.89. The van der Waals surface area contributed by atoms with Gasteiger partial charge in [0.15, 0.2) is 11.5 Å². The van der Waals surface area contributed by atoms with Crippen LogP contribution in [0.1, 0.15) is 19.4 Å². The number of hydrogen-bond acceptors (Lipinski definition) is 3. The first-order valence-corrected chi connectivity index (χ1v) is 5.27. The van der Waals surface area contributed by atoms with Crippen LogP contribution in [-0.2, 0) is 4.79 Å². The van der Waals surface area contributed by atoms with Crippen LogP contribution >= 0.6 is 0 Å². The SMILES string of the molecule is C=C(C)C(=O)Oc1ccc(/C=C/C)cc1OC. The molecule has 0 radical (unpaired) electrons. The van der Waals surface area contributed by atoms with Crippen molar-refractivity contribution in [2.24, 2.45) is 0 Å². The summed E-state index contributed by atoms with van der Waals surface area (Å²) < 4.78 is 10.3. The quantitative estimate of drug-likeness (QED) is 0.454. The lowest BCUT2D eigenvalue weighted by atomic mass is 10.2. The molecule has 0 spiro atoms. The second kappa shape index (κ2) is 5.89. The molecule has 0 aliphatic carbocycles. The maximum Gasteiger partial charge on any atom is 0.338 e. The molecule has 0 atom stereocenters. The van der Waals surface area contributed by atoms with Crippen molar-refractivity contribution in [2.75, 3.05) is 7.11 Å². The minimum Gasteiger partial charge on any atom is -0.493 e. The molecule has 0 saturated carbocycles. The summed E-state index contributed by atoms with van der Waals surface area (Å²) in [5, 5.41) is 0. The molecule has 1 rings (SSSR count). The summed E-state index contributed by atoms with van der Waals surface area (Å²) in [4.78, 5) is 11.4. The van der Waals surface area contributed by atoms with Crippen LogP contribution in [0, 0.1) is 0 Å². The second-order valence-electron chi connectivity index (χ2n) is 3.58. The van der Waals surface area contributed by atoms with E-state index in [0.717, 1.165) is 5.56 Å². The number of carbonyl (C=O) groups excluding carboxylic acids is 1. The molecule has 3 nitrogen and oxygen atoms in total. The third-order valence-electron chi connectivity index (χ3n) is 2.10. The Hall–Kier alpha value is -2.03. The third-order valence-corrected chi connectivity index (χ3v) is 2.10. The Morgan fingerprint density at radius 1 is 1.35 bits per heavy atom. The van der Waals surface area contributed by atoms with Crippen LogP contribution in [0.15, 0.2) is 36.4 Å². The van der Waals surface area contributed by atoms with E-state index >= 15 is 0 Å². The van der Waals surface area contributed by atoms with Gasteiger partial charge in [0, 0.05) is 5.57 Å². The van der Waals surface area contributed by atoms with Crippen molar-refractivity contribution in [3.63, 3.8) is 0 Å². The molecule has 90 valence electrons. The number of benzene rings is 1. The zero-order chi connectivity index (χ0) is 12.8. The fourth-order valence-electron chi connectivity index (χ4n) is 1.25. The lowest BCUT2D eigenvalue weighted by Crippen LogP contribution is -2.09. The minimum atomic E-state index is -0.456. The van der Waals surface area contributed by atoms with Crippen LogP contribution in [0.2, 0.25) is 0 Å². The highest BCUT2D eigenvalue weighted by Crippen LogP contribution is 2.29. The first kappa shape index (κ1) is 13.0. The molecule has 0 heterocycles. The lowest BCUT2D eigenvalue weighted by Gasteiger charge is -2.09. The van der Waals surface area contributed by atoms with E-state index in [1.807, 2.05) is 25.1 Å². The van der Waals surface area contributed by atoms with Crippen molar-refractivity contribution in [1.82, 2.24) is 0 Å². The molecule has 3 heteroatoms. The van der Waals surface area contributed by atoms with Crippen molar-refractivity contribution in [2.45, 2.75) is 13.8 Å². The van der Waals surface area contributed by atoms with Crippen molar-refractivity contribution in [3.05, 3.63) is 42.0 Å². The van der Waals surface area contributed by atoms with Crippen molar-refractivity contribution in [1.29, 1.82) is 0 Å². The van der Waals surface area contributed by atoms with E-state index in [-0.39, 0.29) is 0 Å². The zero-order valence-electron chi connectivity index (χ0n) is 10.3. The van der Waals surface area contributed by atoms with Crippen LogP contribution in [0.25, 0.3) is 6.08 Å². The predicted molar refractivity (Wildman–Crippen MR) is 68.2 cm³/mol. The van der Waals surface area contributed by atoms with E-state index in [9.17, 15) is 4.79 Å². The Morgan fingerprint density at radius 3 is 2.59 bits per heavy atom. The molecule has 0 aliphatic heterocycles. The van der Waals surface area contributed by atoms with Gasteiger partial charge in [-0.2, -0.15) is 0 Å². The molecule has 0 bridgehead atoms. The second-order valence-corrected chi connectivity index (χ2v) is 3.58. The number of carbonyl (C=O) groups is 1. The highest BCUT2D eigenvalue weighted by atomic mass is 16.6. The topological polar surface area (TPSA) is 35.5 Å². The van der Waals surface area contributed by atoms with Crippen LogP contribution in [0.5, 0.6) is 11.5 Å². The summed E-state index contributed by atoms with van der Waals surface area (Å²) in [7, 11) is 1.53. The molecule has 0 N–H and O–H groups in total. The Bertz CT molecular complexity index is 459. The van der Waals surface area contributed by atoms with Crippen LogP contribution in [-0.4, -0.2) is 13.1 Å². The van der Waals surface area contributed by atoms with Gasteiger partial charge >= 0.3 is 5.97 Å². The van der Waals surface area contributed by atoms with E-state index in [1.54, 1.807) is 19.1 Å². The maximum absolute atomic E-state index is 11.4. The van der Waals surface area contributed by atoms with Gasteiger partial charge in [-0.3, -0.25) is 0 Å². The summed E-state index contributed by atoms with van der Waals surface area (Å²) in [6.45, 7) is 7.06. The molecular weight excluding hydrogens is 216 g/mol. The molecule has 17 heavy (non-hydrogen) atoms.